The van der Waals surface area contributed by atoms with E-state index in [4.69, 9.17) is 9.15 Å². The van der Waals surface area contributed by atoms with Gasteiger partial charge in [-0.1, -0.05) is 44.9 Å². The highest BCUT2D eigenvalue weighted by molar-refractivity contribution is 6.09. The van der Waals surface area contributed by atoms with Crippen molar-refractivity contribution in [2.45, 2.75) is 78.5 Å². The maximum atomic E-state index is 13.3. The van der Waals surface area contributed by atoms with Gasteiger partial charge in [-0.15, -0.1) is 5.10 Å². The summed E-state index contributed by atoms with van der Waals surface area (Å²) >= 11 is 0. The van der Waals surface area contributed by atoms with E-state index in [9.17, 15) is 19.5 Å². The first-order valence-electron chi connectivity index (χ1n) is 23.4. The van der Waals surface area contributed by atoms with Gasteiger partial charge in [0.1, 0.15) is 49.2 Å². The molecule has 10 rings (SSSR count). The molecule has 3 fully saturated rings. The van der Waals surface area contributed by atoms with Gasteiger partial charge in [-0.3, -0.25) is 14.3 Å². The van der Waals surface area contributed by atoms with Gasteiger partial charge >= 0.3 is 5.97 Å². The second-order valence-electron chi connectivity index (χ2n) is 19.6. The van der Waals surface area contributed by atoms with E-state index in [-0.39, 0.29) is 35.6 Å². The van der Waals surface area contributed by atoms with Crippen LogP contribution in [-0.4, -0.2) is 83.6 Å². The van der Waals surface area contributed by atoms with Gasteiger partial charge in [0.15, 0.2) is 0 Å². The Hall–Kier alpha value is -6.96. The number of rotatable bonds is 16. The summed E-state index contributed by atoms with van der Waals surface area (Å²) in [5.74, 6) is 1.62. The summed E-state index contributed by atoms with van der Waals surface area (Å²) in [7, 11) is 7.83. The minimum Gasteiger partial charge on any atom is -0.487 e. The van der Waals surface area contributed by atoms with Crippen molar-refractivity contribution in [3.8, 4) is 28.2 Å². The Bertz CT molecular complexity index is 3050. The third kappa shape index (κ3) is 9.13. The van der Waals surface area contributed by atoms with Crippen LogP contribution >= 0.6 is 0 Å². The van der Waals surface area contributed by atoms with Crippen LogP contribution in [0.15, 0.2) is 89.5 Å². The molecular weight excluding hydrogens is 845 g/mol. The quantitative estimate of drug-likeness (QED) is 0.0422. The standard InChI is InChI=1S/C53H60N8O6/c1-31-43-25-34(53(43,2)3)26-45(31)56-51(63)46-24-33-22-38(15-19-44(33)55-46)66-30-35-29-61(58-57-35)21-11-9-8-10-20-54-50(62)32-12-16-39(42(23-32)52(64)65)49-40-17-13-36(59(4)5)27-47(40)67-48-28-37(60(6)7)14-18-41(48)49/h12-19,22-24,27-29,31,34,43,45H,8-11,20-21,25-26,30H2,1-7H3,(H3-,54,55,56,62,63,64,65)/p+1/t31-,34+,43-,45?/m0/s1. The average molecular weight is 906 g/mol. The van der Waals surface area contributed by atoms with Gasteiger partial charge in [0, 0.05) is 84.0 Å². The molecule has 14 heteroatoms. The van der Waals surface area contributed by atoms with Crippen LogP contribution in [0, 0.1) is 23.2 Å². The Balaban J connectivity index is 0.743. The van der Waals surface area contributed by atoms with Crippen LogP contribution < -0.4 is 30.2 Å². The second kappa shape index (κ2) is 18.4. The van der Waals surface area contributed by atoms with E-state index >= 15 is 0 Å². The third-order valence-corrected chi connectivity index (χ3v) is 14.6. The van der Waals surface area contributed by atoms with E-state index in [1.54, 1.807) is 12.1 Å². The molecule has 1 aliphatic heterocycles. The summed E-state index contributed by atoms with van der Waals surface area (Å²) in [5, 5.41) is 28.0. The van der Waals surface area contributed by atoms with Crippen LogP contribution in [0.2, 0.25) is 0 Å². The summed E-state index contributed by atoms with van der Waals surface area (Å²) in [6.07, 6.45) is 7.72. The number of aromatic nitrogens is 4. The molecule has 14 nitrogen and oxygen atoms in total. The van der Waals surface area contributed by atoms with E-state index in [1.165, 1.54) is 12.5 Å². The molecule has 348 valence electrons. The maximum absolute atomic E-state index is 13.3. The Morgan fingerprint density at radius 3 is 2.51 bits per heavy atom. The number of aromatic carboxylic acids is 1. The Kier molecular flexibility index (Phi) is 12.4. The van der Waals surface area contributed by atoms with Gasteiger partial charge in [0.2, 0.25) is 5.36 Å². The molecule has 3 heterocycles. The Morgan fingerprint density at radius 1 is 0.940 bits per heavy atom. The molecule has 5 aromatic rings. The number of unbranched alkanes of at least 4 members (excludes halogenated alkanes) is 3. The zero-order chi connectivity index (χ0) is 47.1. The highest BCUT2D eigenvalue weighted by Gasteiger charge is 2.56. The molecule has 5 aliphatic rings. The van der Waals surface area contributed by atoms with Gasteiger partial charge in [-0.2, -0.15) is 0 Å². The Morgan fingerprint density at radius 2 is 1.75 bits per heavy atom. The van der Waals surface area contributed by atoms with Gasteiger partial charge < -0.3 is 34.8 Å². The summed E-state index contributed by atoms with van der Waals surface area (Å²) < 4.78 is 16.3. The largest absolute Gasteiger partial charge is 0.487 e. The van der Waals surface area contributed by atoms with Gasteiger partial charge in [-0.05, 0) is 109 Å². The van der Waals surface area contributed by atoms with Crippen LogP contribution in [0.3, 0.4) is 0 Å². The molecule has 67 heavy (non-hydrogen) atoms. The van der Waals surface area contributed by atoms with Gasteiger partial charge in [0.25, 0.3) is 11.8 Å². The number of aromatic amines is 1. The molecule has 3 aromatic carbocycles. The van der Waals surface area contributed by atoms with Crippen molar-refractivity contribution in [3.63, 3.8) is 0 Å². The van der Waals surface area contributed by atoms with Crippen molar-refractivity contribution in [2.75, 3.05) is 39.6 Å². The summed E-state index contributed by atoms with van der Waals surface area (Å²) in [5.41, 5.74) is 6.46. The molecule has 2 bridgehead atoms. The minimum absolute atomic E-state index is 0.0380. The number of carboxylic acids is 1. The topological polar surface area (TPSA) is 171 Å². The number of carbonyl (C=O) groups is 3. The fourth-order valence-corrected chi connectivity index (χ4v) is 10.4. The van der Waals surface area contributed by atoms with Crippen molar-refractivity contribution in [1.82, 2.24) is 35.2 Å². The van der Waals surface area contributed by atoms with Gasteiger partial charge in [0.05, 0.1) is 17.8 Å². The number of benzene rings is 4. The number of carboxylic acid groups (broad SMARTS) is 1. The predicted molar refractivity (Wildman–Crippen MR) is 261 cm³/mol. The molecule has 1 unspecified atom stereocenters. The van der Waals surface area contributed by atoms with Crippen LogP contribution in [0.4, 0.5) is 5.69 Å². The molecule has 0 saturated heterocycles. The zero-order valence-corrected chi connectivity index (χ0v) is 39.5. The first-order valence-corrected chi connectivity index (χ1v) is 23.4. The molecule has 4 N–H and O–H groups in total. The first-order chi connectivity index (χ1) is 32.1. The van der Waals surface area contributed by atoms with E-state index in [0.29, 0.717) is 64.6 Å². The molecule has 0 radical (unpaired) electrons. The van der Waals surface area contributed by atoms with E-state index in [1.807, 2.05) is 109 Å². The average Bonchev–Trinajstić information content (AvgIpc) is 3.96. The van der Waals surface area contributed by atoms with Crippen LogP contribution in [0.5, 0.6) is 5.75 Å². The van der Waals surface area contributed by atoms with Crippen LogP contribution in [0.25, 0.3) is 44.3 Å². The second-order valence-corrected chi connectivity index (χ2v) is 19.6. The number of ether oxygens (including phenoxy) is 1. The maximum Gasteiger partial charge on any atom is 0.336 e. The fourth-order valence-electron chi connectivity index (χ4n) is 10.4. The smallest absolute Gasteiger partial charge is 0.336 e. The van der Waals surface area contributed by atoms with Gasteiger partial charge in [-0.25, -0.2) is 9.37 Å². The number of fused-ring (bicyclic) bond motifs is 5. The summed E-state index contributed by atoms with van der Waals surface area (Å²) in [6.45, 7) is 8.46. The molecule has 2 amide bonds. The van der Waals surface area contributed by atoms with Crippen molar-refractivity contribution < 1.29 is 28.6 Å². The van der Waals surface area contributed by atoms with E-state index in [0.717, 1.165) is 76.3 Å². The number of anilines is 1. The molecule has 4 atom stereocenters. The number of H-pyrrole nitrogens is 1. The number of hydrogen-bond donors (Lipinski definition) is 4. The molecule has 2 aromatic heterocycles. The molecule has 4 aliphatic carbocycles. The van der Waals surface area contributed by atoms with E-state index in [2.05, 4.69) is 46.7 Å². The Labute approximate surface area is 390 Å². The number of nitrogens with zero attached hydrogens (tertiary/aromatic N) is 5. The normalized spacial score (nSPS) is 18.4. The van der Waals surface area contributed by atoms with Crippen LogP contribution in [-0.2, 0) is 13.2 Å². The minimum atomic E-state index is -1.12. The lowest BCUT2D eigenvalue weighted by Crippen LogP contribution is -2.60. The number of nitrogens with one attached hydrogen (secondary N) is 3. The fraction of sp³-hybridized carbons (Fsp3) is 0.396. The number of amides is 2. The predicted octanol–water partition coefficient (Wildman–Crippen LogP) is 8.44. The number of hydrogen-bond acceptors (Lipinski definition) is 8. The molecule has 0 spiro atoms. The van der Waals surface area contributed by atoms with Crippen molar-refractivity contribution in [1.29, 1.82) is 0 Å². The third-order valence-electron chi connectivity index (χ3n) is 14.6. The number of aryl methyl sites for hydroxylation is 1. The SMILES string of the molecule is C[C@@H]1C(NC(=O)c2cc3cc(OCc4cn(CCCCCCNC(=O)c5ccc(-c6c7ccc(=[N+](C)C)cc-7oc7cc(N(C)C)ccc67)c(C(=O)O)c5)nn4)ccc3[nH]2)C[C@H]2C[C@@H]1C2(C)C. The first kappa shape index (κ1) is 45.2. The summed E-state index contributed by atoms with van der Waals surface area (Å²) in [6, 6.07) is 24.5. The highest BCUT2D eigenvalue weighted by atomic mass is 16.5. The monoisotopic (exact) mass is 905 g/mol. The lowest BCUT2D eigenvalue weighted by atomic mass is 9.45. The summed E-state index contributed by atoms with van der Waals surface area (Å²) in [4.78, 5) is 44.7. The zero-order valence-electron chi connectivity index (χ0n) is 39.5. The number of carbonyl (C=O) groups excluding carboxylic acids is 2. The van der Waals surface area contributed by atoms with Crippen LogP contribution in [0.1, 0.15) is 96.2 Å². The highest BCUT2D eigenvalue weighted by Crippen LogP contribution is 2.61. The lowest BCUT2D eigenvalue weighted by Gasteiger charge is -2.62. The van der Waals surface area contributed by atoms with Crippen molar-refractivity contribution in [3.05, 3.63) is 113 Å². The molecular formula is C53H61N8O6+. The lowest BCUT2D eigenvalue weighted by molar-refractivity contribution is -0.113. The van der Waals surface area contributed by atoms with Crippen molar-refractivity contribution >= 4 is 45.3 Å². The van der Waals surface area contributed by atoms with E-state index < -0.39 is 5.97 Å². The van der Waals surface area contributed by atoms with Crippen molar-refractivity contribution in [2.24, 2.45) is 23.2 Å². The molecule has 3 saturated carbocycles.